The van der Waals surface area contributed by atoms with Crippen molar-refractivity contribution in [3.05, 3.63) is 52.3 Å². The quantitative estimate of drug-likeness (QED) is 0.761. The molecule has 2 N–H and O–H groups in total. The summed E-state index contributed by atoms with van der Waals surface area (Å²) in [5.41, 5.74) is 2.21. The number of fused-ring (bicyclic) bond motifs is 1. The number of nitrogens with one attached hydrogen (secondary N) is 2. The van der Waals surface area contributed by atoms with E-state index < -0.39 is 29.9 Å². The normalized spacial score (nSPS) is 17.2. The number of aromatic amines is 1. The van der Waals surface area contributed by atoms with Gasteiger partial charge in [0.1, 0.15) is 17.9 Å². The van der Waals surface area contributed by atoms with Gasteiger partial charge in [0, 0.05) is 18.7 Å². The standard InChI is InChI=1S/C19H22ClFN4O3/c1-10(2)15(18(26)28-3)24-19(27)25-7-6-14-16(23-9-22-14)17(25)11-4-5-13(21)12(20)8-11/h4-5,8-10,15,17H,6-7H2,1-3H3,(H,22,23)(H,24,27)/t15-,17?/m0/s1. The number of esters is 1. The van der Waals surface area contributed by atoms with Crippen LogP contribution in [-0.4, -0.2) is 46.6 Å². The van der Waals surface area contributed by atoms with E-state index in [9.17, 15) is 14.0 Å². The second kappa shape index (κ2) is 8.18. The Hall–Kier alpha value is -2.61. The minimum Gasteiger partial charge on any atom is -0.467 e. The number of nitrogens with zero attached hydrogens (tertiary/aromatic N) is 2. The number of amides is 2. The fourth-order valence-electron chi connectivity index (χ4n) is 3.36. The first-order valence-electron chi connectivity index (χ1n) is 8.95. The van der Waals surface area contributed by atoms with Gasteiger partial charge in [0.2, 0.25) is 0 Å². The van der Waals surface area contributed by atoms with Crippen molar-refractivity contribution in [1.29, 1.82) is 0 Å². The van der Waals surface area contributed by atoms with Gasteiger partial charge in [0.25, 0.3) is 0 Å². The molecule has 2 atom stereocenters. The highest BCUT2D eigenvalue weighted by Crippen LogP contribution is 2.35. The summed E-state index contributed by atoms with van der Waals surface area (Å²) in [6, 6.07) is 2.57. The molecule has 28 heavy (non-hydrogen) atoms. The Bertz CT molecular complexity index is 886. The van der Waals surface area contributed by atoms with Gasteiger partial charge in [-0.3, -0.25) is 0 Å². The lowest BCUT2D eigenvalue weighted by atomic mass is 9.95. The number of aromatic nitrogens is 2. The van der Waals surface area contributed by atoms with Crippen molar-refractivity contribution in [3.63, 3.8) is 0 Å². The van der Waals surface area contributed by atoms with Crippen LogP contribution in [0.5, 0.6) is 0 Å². The predicted octanol–water partition coefficient (Wildman–Crippen LogP) is 3.06. The molecular weight excluding hydrogens is 387 g/mol. The summed E-state index contributed by atoms with van der Waals surface area (Å²) >= 11 is 5.96. The number of ether oxygens (including phenoxy) is 1. The SMILES string of the molecule is COC(=O)[C@@H](NC(=O)N1CCc2[nH]cnc2C1c1ccc(F)c(Cl)c1)C(C)C. The summed E-state index contributed by atoms with van der Waals surface area (Å²) in [7, 11) is 1.28. The second-order valence-corrected chi connectivity index (χ2v) is 7.39. The zero-order valence-corrected chi connectivity index (χ0v) is 16.6. The highest BCUT2D eigenvalue weighted by molar-refractivity contribution is 6.30. The lowest BCUT2D eigenvalue weighted by Gasteiger charge is -2.36. The van der Waals surface area contributed by atoms with Crippen molar-refractivity contribution < 1.29 is 18.7 Å². The third-order valence-corrected chi connectivity index (χ3v) is 5.14. The summed E-state index contributed by atoms with van der Waals surface area (Å²) < 4.78 is 18.4. The third kappa shape index (κ3) is 3.82. The molecule has 2 heterocycles. The molecule has 1 unspecified atom stereocenters. The van der Waals surface area contributed by atoms with Crippen LogP contribution in [0.2, 0.25) is 5.02 Å². The maximum absolute atomic E-state index is 13.6. The van der Waals surface area contributed by atoms with Gasteiger partial charge >= 0.3 is 12.0 Å². The molecule has 1 aromatic heterocycles. The zero-order valence-electron chi connectivity index (χ0n) is 15.8. The summed E-state index contributed by atoms with van der Waals surface area (Å²) in [6.07, 6.45) is 2.15. The van der Waals surface area contributed by atoms with Crippen molar-refractivity contribution in [2.45, 2.75) is 32.4 Å². The second-order valence-electron chi connectivity index (χ2n) is 6.98. The van der Waals surface area contributed by atoms with E-state index in [2.05, 4.69) is 15.3 Å². The molecule has 0 aliphatic carbocycles. The highest BCUT2D eigenvalue weighted by Gasteiger charge is 2.36. The predicted molar refractivity (Wildman–Crippen MR) is 101 cm³/mol. The van der Waals surface area contributed by atoms with E-state index in [1.807, 2.05) is 13.8 Å². The van der Waals surface area contributed by atoms with Crippen LogP contribution >= 0.6 is 11.6 Å². The Morgan fingerprint density at radius 2 is 2.18 bits per heavy atom. The average Bonchev–Trinajstić information content (AvgIpc) is 3.15. The van der Waals surface area contributed by atoms with Crippen LogP contribution < -0.4 is 5.32 Å². The van der Waals surface area contributed by atoms with Crippen molar-refractivity contribution in [2.24, 2.45) is 5.92 Å². The van der Waals surface area contributed by atoms with E-state index in [-0.39, 0.29) is 10.9 Å². The van der Waals surface area contributed by atoms with E-state index in [1.54, 1.807) is 17.3 Å². The van der Waals surface area contributed by atoms with Crippen molar-refractivity contribution in [2.75, 3.05) is 13.7 Å². The van der Waals surface area contributed by atoms with Gasteiger partial charge in [0.15, 0.2) is 0 Å². The number of benzene rings is 1. The van der Waals surface area contributed by atoms with Gasteiger partial charge < -0.3 is 19.9 Å². The summed E-state index contributed by atoms with van der Waals surface area (Å²) in [6.45, 7) is 4.04. The van der Waals surface area contributed by atoms with Gasteiger partial charge in [-0.1, -0.05) is 31.5 Å². The molecule has 150 valence electrons. The summed E-state index contributed by atoms with van der Waals surface area (Å²) in [5.74, 6) is -1.20. The van der Waals surface area contributed by atoms with E-state index >= 15 is 0 Å². The smallest absolute Gasteiger partial charge is 0.328 e. The fraction of sp³-hybridized carbons (Fsp3) is 0.421. The Morgan fingerprint density at radius 3 is 2.82 bits per heavy atom. The van der Waals surface area contributed by atoms with Crippen molar-refractivity contribution >= 4 is 23.6 Å². The Morgan fingerprint density at radius 1 is 1.43 bits per heavy atom. The number of carbonyl (C=O) groups excluding carboxylic acids is 2. The number of urea groups is 1. The minimum atomic E-state index is -0.782. The number of hydrogen-bond acceptors (Lipinski definition) is 4. The minimum absolute atomic E-state index is 0.0323. The molecule has 2 amide bonds. The van der Waals surface area contributed by atoms with Gasteiger partial charge in [0.05, 0.1) is 24.2 Å². The average molecular weight is 409 g/mol. The van der Waals surface area contributed by atoms with Gasteiger partial charge in [-0.2, -0.15) is 0 Å². The van der Waals surface area contributed by atoms with Crippen molar-refractivity contribution in [3.8, 4) is 0 Å². The van der Waals surface area contributed by atoms with Crippen LogP contribution in [0.25, 0.3) is 0 Å². The van der Waals surface area contributed by atoms with Crippen LogP contribution in [0.1, 0.15) is 36.8 Å². The molecule has 0 bridgehead atoms. The Kier molecular flexibility index (Phi) is 5.88. The largest absolute Gasteiger partial charge is 0.467 e. The highest BCUT2D eigenvalue weighted by atomic mass is 35.5. The summed E-state index contributed by atoms with van der Waals surface area (Å²) in [4.78, 5) is 34.1. The lowest BCUT2D eigenvalue weighted by Crippen LogP contribution is -2.53. The van der Waals surface area contributed by atoms with E-state index in [0.717, 1.165) is 5.69 Å². The molecule has 0 radical (unpaired) electrons. The summed E-state index contributed by atoms with van der Waals surface area (Å²) in [5, 5.41) is 2.72. The van der Waals surface area contributed by atoms with Crippen LogP contribution in [0, 0.1) is 11.7 Å². The number of H-pyrrole nitrogens is 1. The number of carbonyl (C=O) groups is 2. The molecule has 1 aliphatic rings. The molecule has 0 spiro atoms. The van der Waals surface area contributed by atoms with E-state index in [1.165, 1.54) is 19.2 Å². The van der Waals surface area contributed by atoms with Gasteiger partial charge in [-0.05, 0) is 23.6 Å². The molecule has 9 heteroatoms. The van der Waals surface area contributed by atoms with Gasteiger partial charge in [-0.15, -0.1) is 0 Å². The monoisotopic (exact) mass is 408 g/mol. The van der Waals surface area contributed by atoms with Crippen LogP contribution in [0.4, 0.5) is 9.18 Å². The van der Waals surface area contributed by atoms with Crippen LogP contribution in [0.3, 0.4) is 0 Å². The fourth-order valence-corrected chi connectivity index (χ4v) is 3.55. The molecule has 1 aromatic carbocycles. The molecule has 1 aliphatic heterocycles. The Balaban J connectivity index is 1.95. The van der Waals surface area contributed by atoms with Crippen LogP contribution in [-0.2, 0) is 16.0 Å². The number of methoxy groups -OCH3 is 1. The number of halogens is 2. The van der Waals surface area contributed by atoms with E-state index in [0.29, 0.717) is 24.2 Å². The number of hydrogen-bond donors (Lipinski definition) is 2. The number of imidazole rings is 1. The van der Waals surface area contributed by atoms with Crippen LogP contribution in [0.15, 0.2) is 24.5 Å². The first-order valence-corrected chi connectivity index (χ1v) is 9.33. The van der Waals surface area contributed by atoms with Gasteiger partial charge in [-0.25, -0.2) is 19.0 Å². The first-order chi connectivity index (χ1) is 13.3. The maximum atomic E-state index is 13.6. The molecule has 0 saturated heterocycles. The molecule has 2 aromatic rings. The molecular formula is C19H22ClFN4O3. The van der Waals surface area contributed by atoms with E-state index in [4.69, 9.17) is 16.3 Å². The lowest BCUT2D eigenvalue weighted by molar-refractivity contribution is -0.144. The molecule has 0 fully saturated rings. The number of rotatable bonds is 4. The first kappa shape index (κ1) is 20.1. The maximum Gasteiger partial charge on any atom is 0.328 e. The topological polar surface area (TPSA) is 87.3 Å². The molecule has 0 saturated carbocycles. The third-order valence-electron chi connectivity index (χ3n) is 4.85. The Labute approximate surface area is 167 Å². The van der Waals surface area contributed by atoms with Crippen molar-refractivity contribution in [1.82, 2.24) is 20.2 Å². The molecule has 7 nitrogen and oxygen atoms in total. The zero-order chi connectivity index (χ0) is 20.4. The molecule has 3 rings (SSSR count).